The van der Waals surface area contributed by atoms with Gasteiger partial charge in [-0.3, -0.25) is 4.79 Å². The zero-order valence-electron chi connectivity index (χ0n) is 21.5. The molecule has 8 nitrogen and oxygen atoms in total. The molecule has 0 bridgehead atoms. The van der Waals surface area contributed by atoms with Crippen LogP contribution in [0.1, 0.15) is 46.6 Å². The standard InChI is InChI=1S/C29H32N2O6S.2H2/c1-3-4-23(17-32)31-38(34,35)24-10-6-20(7-11-24)25-16-22(9-5-19(25)2)30-28(33)29(13-14-29)21-8-12-26-27(15-21)37-18-36-26;;/h5-12,15-16,23,31-32H,3-4,13-14,17-18H2,1-2H3,(H,30,33);2*1H/t23-;;/m1../s1. The molecular formula is C29H36N2O6S. The zero-order valence-corrected chi connectivity index (χ0v) is 22.3. The van der Waals surface area contributed by atoms with Gasteiger partial charge in [0.2, 0.25) is 22.7 Å². The van der Waals surface area contributed by atoms with Gasteiger partial charge in [0.15, 0.2) is 11.5 Å². The maximum absolute atomic E-state index is 13.4. The Kier molecular flexibility index (Phi) is 7.17. The molecule has 1 aliphatic heterocycles. The second-order valence-electron chi connectivity index (χ2n) is 9.95. The quantitative estimate of drug-likeness (QED) is 0.334. The summed E-state index contributed by atoms with van der Waals surface area (Å²) in [6.07, 6.45) is 2.84. The molecule has 1 amide bonds. The summed E-state index contributed by atoms with van der Waals surface area (Å²) < 4.78 is 39.0. The number of aliphatic hydroxyl groups excluding tert-OH is 1. The van der Waals surface area contributed by atoms with Gasteiger partial charge in [0.25, 0.3) is 0 Å². The molecule has 204 valence electrons. The molecule has 38 heavy (non-hydrogen) atoms. The van der Waals surface area contributed by atoms with Gasteiger partial charge in [-0.05, 0) is 84.8 Å². The lowest BCUT2D eigenvalue weighted by molar-refractivity contribution is -0.118. The van der Waals surface area contributed by atoms with E-state index in [-0.39, 0.29) is 27.1 Å². The summed E-state index contributed by atoms with van der Waals surface area (Å²) in [5.74, 6) is 1.29. The molecule has 1 fully saturated rings. The Labute approximate surface area is 226 Å². The van der Waals surface area contributed by atoms with Crippen molar-refractivity contribution in [3.63, 3.8) is 0 Å². The summed E-state index contributed by atoms with van der Waals surface area (Å²) in [6.45, 7) is 3.85. The van der Waals surface area contributed by atoms with E-state index in [2.05, 4.69) is 10.0 Å². The van der Waals surface area contributed by atoms with Gasteiger partial charge in [-0.1, -0.05) is 37.6 Å². The molecule has 0 spiro atoms. The Morgan fingerprint density at radius 1 is 1.05 bits per heavy atom. The number of nitrogens with one attached hydrogen (secondary N) is 2. The summed E-state index contributed by atoms with van der Waals surface area (Å²) in [6, 6.07) is 17.5. The highest BCUT2D eigenvalue weighted by Crippen LogP contribution is 2.51. The van der Waals surface area contributed by atoms with E-state index < -0.39 is 21.5 Å². The van der Waals surface area contributed by atoms with Crippen LogP contribution < -0.4 is 19.5 Å². The summed E-state index contributed by atoms with van der Waals surface area (Å²) in [4.78, 5) is 13.5. The number of amides is 1. The minimum Gasteiger partial charge on any atom is -0.454 e. The number of hydrogen-bond acceptors (Lipinski definition) is 6. The fourth-order valence-corrected chi connectivity index (χ4v) is 6.13. The summed E-state index contributed by atoms with van der Waals surface area (Å²) in [5, 5.41) is 12.6. The summed E-state index contributed by atoms with van der Waals surface area (Å²) in [7, 11) is -3.75. The molecular weight excluding hydrogens is 504 g/mol. The number of fused-ring (bicyclic) bond motifs is 1. The van der Waals surface area contributed by atoms with Crippen LogP contribution in [-0.4, -0.2) is 38.9 Å². The summed E-state index contributed by atoms with van der Waals surface area (Å²) >= 11 is 0. The summed E-state index contributed by atoms with van der Waals surface area (Å²) in [5.41, 5.74) is 3.73. The average Bonchev–Trinajstić information content (AvgIpc) is 3.60. The lowest BCUT2D eigenvalue weighted by Gasteiger charge is -2.18. The molecule has 3 aromatic carbocycles. The number of sulfonamides is 1. The molecule has 5 rings (SSSR count). The van der Waals surface area contributed by atoms with Gasteiger partial charge in [-0.2, -0.15) is 0 Å². The second kappa shape index (κ2) is 10.4. The van der Waals surface area contributed by atoms with Crippen molar-refractivity contribution >= 4 is 21.6 Å². The number of rotatable bonds is 10. The van der Waals surface area contributed by atoms with Crippen molar-refractivity contribution in [1.29, 1.82) is 0 Å². The SMILES string of the molecule is CCC[C@H](CO)NS(=O)(=O)c1ccc(-c2cc(NC(=O)C3(c4ccc5c(c4)OCO5)CC3)ccc2C)cc1.[HH].[HH]. The first kappa shape index (κ1) is 26.2. The Morgan fingerprint density at radius 3 is 2.47 bits per heavy atom. The van der Waals surface area contributed by atoms with Gasteiger partial charge in [0, 0.05) is 14.6 Å². The lowest BCUT2D eigenvalue weighted by atomic mass is 9.94. The van der Waals surface area contributed by atoms with Crippen molar-refractivity contribution < 1.29 is 30.6 Å². The topological polar surface area (TPSA) is 114 Å². The number of anilines is 1. The van der Waals surface area contributed by atoms with Crippen molar-refractivity contribution in [1.82, 2.24) is 4.72 Å². The van der Waals surface area contributed by atoms with Gasteiger partial charge in [0.1, 0.15) is 0 Å². The molecule has 0 saturated heterocycles. The number of ether oxygens (including phenoxy) is 2. The minimum absolute atomic E-state index is 0. The zero-order chi connectivity index (χ0) is 26.9. The van der Waals surface area contributed by atoms with Crippen LogP contribution in [0.3, 0.4) is 0 Å². The van der Waals surface area contributed by atoms with Crippen LogP contribution in [-0.2, 0) is 20.2 Å². The largest absolute Gasteiger partial charge is 0.454 e. The first-order valence-corrected chi connectivity index (χ1v) is 14.3. The molecule has 0 aromatic heterocycles. The van der Waals surface area contributed by atoms with Crippen LogP contribution in [0, 0.1) is 6.92 Å². The molecule has 1 aliphatic carbocycles. The van der Waals surface area contributed by atoms with Gasteiger partial charge in [-0.15, -0.1) is 0 Å². The third kappa shape index (κ3) is 5.14. The smallest absolute Gasteiger partial charge is 0.240 e. The highest BCUT2D eigenvalue weighted by atomic mass is 32.2. The van der Waals surface area contributed by atoms with E-state index in [4.69, 9.17) is 9.47 Å². The third-order valence-corrected chi connectivity index (χ3v) is 8.80. The lowest BCUT2D eigenvalue weighted by Crippen LogP contribution is -2.37. The van der Waals surface area contributed by atoms with Crippen LogP contribution in [0.4, 0.5) is 5.69 Å². The van der Waals surface area contributed by atoms with Crippen molar-refractivity contribution in [3.05, 3.63) is 71.8 Å². The number of benzene rings is 3. The normalized spacial score (nSPS) is 16.2. The molecule has 3 N–H and O–H groups in total. The first-order chi connectivity index (χ1) is 18.3. The van der Waals surface area contributed by atoms with Gasteiger partial charge < -0.3 is 19.9 Å². The van der Waals surface area contributed by atoms with Crippen molar-refractivity contribution in [3.8, 4) is 22.6 Å². The number of carbonyl (C=O) groups excluding carboxylic acids is 1. The maximum atomic E-state index is 13.4. The number of hydrogen-bond donors (Lipinski definition) is 3. The van der Waals surface area contributed by atoms with Gasteiger partial charge in [-0.25, -0.2) is 13.1 Å². The molecule has 3 aromatic rings. The molecule has 2 aliphatic rings. The van der Waals surface area contributed by atoms with E-state index in [9.17, 15) is 18.3 Å². The minimum atomic E-state index is -3.75. The van der Waals surface area contributed by atoms with Crippen molar-refractivity contribution in [2.24, 2.45) is 0 Å². The van der Waals surface area contributed by atoms with E-state index in [1.54, 1.807) is 24.3 Å². The first-order valence-electron chi connectivity index (χ1n) is 12.8. The number of aryl methyl sites for hydroxylation is 1. The van der Waals surface area contributed by atoms with Crippen LogP contribution in [0.25, 0.3) is 11.1 Å². The third-order valence-electron chi connectivity index (χ3n) is 7.26. The van der Waals surface area contributed by atoms with E-state index in [1.165, 1.54) is 0 Å². The predicted molar refractivity (Wildman–Crippen MR) is 149 cm³/mol. The van der Waals surface area contributed by atoms with E-state index in [0.29, 0.717) is 23.6 Å². The van der Waals surface area contributed by atoms with E-state index >= 15 is 0 Å². The Morgan fingerprint density at radius 2 is 1.79 bits per heavy atom. The Bertz CT molecular complexity index is 1460. The van der Waals surface area contributed by atoms with Crippen LogP contribution in [0.5, 0.6) is 11.5 Å². The monoisotopic (exact) mass is 540 g/mol. The Hall–Kier alpha value is -3.40. The number of carbonyl (C=O) groups is 1. The molecule has 9 heteroatoms. The van der Waals surface area contributed by atoms with E-state index in [0.717, 1.165) is 41.5 Å². The maximum Gasteiger partial charge on any atom is 0.240 e. The Balaban J connectivity index is 0.00000220. The van der Waals surface area contributed by atoms with Crippen LogP contribution >= 0.6 is 0 Å². The van der Waals surface area contributed by atoms with Crippen LogP contribution in [0.15, 0.2) is 65.6 Å². The molecule has 1 saturated carbocycles. The fraction of sp³-hybridized carbons (Fsp3) is 0.345. The van der Waals surface area contributed by atoms with Crippen LogP contribution in [0.2, 0.25) is 0 Å². The van der Waals surface area contributed by atoms with E-state index in [1.807, 2.05) is 50.2 Å². The highest BCUT2D eigenvalue weighted by Gasteiger charge is 2.51. The fourth-order valence-electron chi connectivity index (χ4n) is 4.86. The second-order valence-corrected chi connectivity index (χ2v) is 11.7. The predicted octanol–water partition coefficient (Wildman–Crippen LogP) is 4.99. The highest BCUT2D eigenvalue weighted by molar-refractivity contribution is 7.89. The van der Waals surface area contributed by atoms with Gasteiger partial charge >= 0.3 is 0 Å². The molecule has 0 unspecified atom stereocenters. The molecule has 1 atom stereocenters. The average molecular weight is 541 g/mol. The molecule has 0 radical (unpaired) electrons. The number of aliphatic hydroxyl groups is 1. The van der Waals surface area contributed by atoms with Crippen molar-refractivity contribution in [2.45, 2.75) is 55.9 Å². The van der Waals surface area contributed by atoms with Crippen molar-refractivity contribution in [2.75, 3.05) is 18.7 Å². The molecule has 1 heterocycles. The van der Waals surface area contributed by atoms with Gasteiger partial charge in [0.05, 0.1) is 16.9 Å².